The van der Waals surface area contributed by atoms with Crippen LogP contribution in [-0.2, 0) is 6.54 Å². The first-order chi connectivity index (χ1) is 10.3. The molecular formula is C16H19N3O2. The molecule has 0 aliphatic carbocycles. The highest BCUT2D eigenvalue weighted by atomic mass is 16.3. The summed E-state index contributed by atoms with van der Waals surface area (Å²) in [7, 11) is 1.76. The second kappa shape index (κ2) is 7.40. The van der Waals surface area contributed by atoms with Crippen LogP contribution in [0, 0.1) is 0 Å². The Morgan fingerprint density at radius 1 is 1.29 bits per heavy atom. The van der Waals surface area contributed by atoms with E-state index in [4.69, 9.17) is 0 Å². The molecular weight excluding hydrogens is 266 g/mol. The van der Waals surface area contributed by atoms with Crippen LogP contribution >= 0.6 is 0 Å². The van der Waals surface area contributed by atoms with E-state index in [1.807, 2.05) is 30.3 Å². The summed E-state index contributed by atoms with van der Waals surface area (Å²) in [4.78, 5) is 18.3. The fourth-order valence-electron chi connectivity index (χ4n) is 2.13. The topological polar surface area (TPSA) is 65.5 Å². The van der Waals surface area contributed by atoms with Gasteiger partial charge in [-0.2, -0.15) is 0 Å². The molecule has 0 aliphatic rings. The number of nitrogens with zero attached hydrogens (tertiary/aromatic N) is 2. The molecule has 0 unspecified atom stereocenters. The van der Waals surface area contributed by atoms with Crippen molar-refractivity contribution < 1.29 is 9.90 Å². The lowest BCUT2D eigenvalue weighted by atomic mass is 10.1. The fourth-order valence-corrected chi connectivity index (χ4v) is 2.13. The number of hydrogen-bond acceptors (Lipinski definition) is 4. The number of benzene rings is 1. The summed E-state index contributed by atoms with van der Waals surface area (Å²) in [6.45, 7) is 0.664. The largest absolute Gasteiger partial charge is 0.395 e. The van der Waals surface area contributed by atoms with Gasteiger partial charge in [0.25, 0.3) is 5.91 Å². The molecule has 1 aromatic carbocycles. The summed E-state index contributed by atoms with van der Waals surface area (Å²) in [6.07, 6.45) is 3.18. The minimum Gasteiger partial charge on any atom is -0.395 e. The SMILES string of the molecule is CNc1ccncc1C(=O)N(CCO)Cc1ccccc1. The molecule has 5 heteroatoms. The molecule has 1 amide bonds. The van der Waals surface area contributed by atoms with Crippen LogP contribution < -0.4 is 5.32 Å². The van der Waals surface area contributed by atoms with Crippen LogP contribution in [0.5, 0.6) is 0 Å². The summed E-state index contributed by atoms with van der Waals surface area (Å²) < 4.78 is 0. The number of hydrogen-bond donors (Lipinski definition) is 2. The summed E-state index contributed by atoms with van der Waals surface area (Å²) >= 11 is 0. The zero-order valence-electron chi connectivity index (χ0n) is 12.0. The first-order valence-corrected chi connectivity index (χ1v) is 6.82. The lowest BCUT2D eigenvalue weighted by Gasteiger charge is -2.23. The number of amides is 1. The second-order valence-electron chi connectivity index (χ2n) is 4.61. The normalized spacial score (nSPS) is 10.2. The van der Waals surface area contributed by atoms with Crippen molar-refractivity contribution in [1.82, 2.24) is 9.88 Å². The summed E-state index contributed by atoms with van der Waals surface area (Å²) in [5.74, 6) is -0.148. The zero-order chi connectivity index (χ0) is 15.1. The van der Waals surface area contributed by atoms with E-state index in [9.17, 15) is 9.90 Å². The minimum absolute atomic E-state index is 0.0757. The third kappa shape index (κ3) is 3.79. The van der Waals surface area contributed by atoms with E-state index < -0.39 is 0 Å². The molecule has 0 aliphatic heterocycles. The monoisotopic (exact) mass is 285 g/mol. The van der Waals surface area contributed by atoms with Gasteiger partial charge in [-0.1, -0.05) is 30.3 Å². The lowest BCUT2D eigenvalue weighted by Crippen LogP contribution is -2.33. The van der Waals surface area contributed by atoms with Crippen LogP contribution in [0.25, 0.3) is 0 Å². The van der Waals surface area contributed by atoms with Crippen LogP contribution in [0.3, 0.4) is 0 Å². The Bertz CT molecular complexity index is 587. The van der Waals surface area contributed by atoms with Gasteiger partial charge in [0.15, 0.2) is 0 Å². The maximum atomic E-state index is 12.7. The van der Waals surface area contributed by atoms with Crippen molar-refractivity contribution in [2.45, 2.75) is 6.54 Å². The summed E-state index contributed by atoms with van der Waals surface area (Å²) in [6, 6.07) is 11.5. The number of anilines is 1. The second-order valence-corrected chi connectivity index (χ2v) is 4.61. The van der Waals surface area contributed by atoms with Gasteiger partial charge in [0.05, 0.1) is 12.2 Å². The molecule has 5 nitrogen and oxygen atoms in total. The van der Waals surface area contributed by atoms with Crippen molar-refractivity contribution in [2.75, 3.05) is 25.5 Å². The highest BCUT2D eigenvalue weighted by Gasteiger charge is 2.18. The summed E-state index contributed by atoms with van der Waals surface area (Å²) in [5.41, 5.74) is 2.25. The molecule has 0 atom stereocenters. The number of aromatic nitrogens is 1. The highest BCUT2D eigenvalue weighted by Crippen LogP contribution is 2.16. The van der Waals surface area contributed by atoms with E-state index in [1.165, 1.54) is 0 Å². The molecule has 1 aromatic heterocycles. The van der Waals surface area contributed by atoms with Crippen molar-refractivity contribution in [3.63, 3.8) is 0 Å². The Morgan fingerprint density at radius 3 is 2.71 bits per heavy atom. The van der Waals surface area contributed by atoms with E-state index in [-0.39, 0.29) is 19.1 Å². The van der Waals surface area contributed by atoms with Gasteiger partial charge in [-0.05, 0) is 11.6 Å². The number of nitrogens with one attached hydrogen (secondary N) is 1. The van der Waals surface area contributed by atoms with Gasteiger partial charge in [0.2, 0.25) is 0 Å². The van der Waals surface area contributed by atoms with E-state index in [1.54, 1.807) is 30.4 Å². The quantitative estimate of drug-likeness (QED) is 0.849. The third-order valence-corrected chi connectivity index (χ3v) is 3.19. The van der Waals surface area contributed by atoms with Crippen LogP contribution in [0.2, 0.25) is 0 Å². The smallest absolute Gasteiger partial charge is 0.257 e. The van der Waals surface area contributed by atoms with Gasteiger partial charge >= 0.3 is 0 Å². The minimum atomic E-state index is -0.148. The predicted octanol–water partition coefficient (Wildman–Crippen LogP) is 1.76. The van der Waals surface area contributed by atoms with Gasteiger partial charge in [-0.15, -0.1) is 0 Å². The van der Waals surface area contributed by atoms with E-state index in [2.05, 4.69) is 10.3 Å². The number of aliphatic hydroxyl groups is 1. The Balaban J connectivity index is 2.23. The first kappa shape index (κ1) is 15.0. The zero-order valence-corrected chi connectivity index (χ0v) is 12.0. The molecule has 2 rings (SSSR count). The van der Waals surface area contributed by atoms with E-state index >= 15 is 0 Å². The van der Waals surface area contributed by atoms with Gasteiger partial charge < -0.3 is 15.3 Å². The van der Waals surface area contributed by atoms with Crippen LogP contribution in [0.15, 0.2) is 48.8 Å². The summed E-state index contributed by atoms with van der Waals surface area (Å²) in [5, 5.41) is 12.2. The maximum Gasteiger partial charge on any atom is 0.257 e. The molecule has 21 heavy (non-hydrogen) atoms. The van der Waals surface area contributed by atoms with Crippen molar-refractivity contribution in [1.29, 1.82) is 0 Å². The predicted molar refractivity (Wildman–Crippen MR) is 82.1 cm³/mol. The van der Waals surface area contributed by atoms with Gasteiger partial charge in [-0.25, -0.2) is 0 Å². The Morgan fingerprint density at radius 2 is 2.05 bits per heavy atom. The highest BCUT2D eigenvalue weighted by molar-refractivity contribution is 5.99. The molecule has 2 aromatic rings. The molecule has 0 radical (unpaired) electrons. The van der Waals surface area contributed by atoms with Crippen LogP contribution in [0.1, 0.15) is 15.9 Å². The number of carbonyl (C=O) groups excluding carboxylic acids is 1. The Hall–Kier alpha value is -2.40. The fraction of sp³-hybridized carbons (Fsp3) is 0.250. The molecule has 1 heterocycles. The van der Waals surface area contributed by atoms with Crippen molar-refractivity contribution in [3.05, 3.63) is 59.9 Å². The molecule has 0 spiro atoms. The van der Waals surface area contributed by atoms with Crippen molar-refractivity contribution in [3.8, 4) is 0 Å². The van der Waals surface area contributed by atoms with Crippen LogP contribution in [0.4, 0.5) is 5.69 Å². The van der Waals surface area contributed by atoms with E-state index in [0.29, 0.717) is 12.1 Å². The van der Waals surface area contributed by atoms with Crippen molar-refractivity contribution >= 4 is 11.6 Å². The Kier molecular flexibility index (Phi) is 5.29. The third-order valence-electron chi connectivity index (χ3n) is 3.19. The molecule has 0 bridgehead atoms. The van der Waals surface area contributed by atoms with Gasteiger partial charge in [0, 0.05) is 38.2 Å². The number of aliphatic hydroxyl groups excluding tert-OH is 1. The first-order valence-electron chi connectivity index (χ1n) is 6.82. The van der Waals surface area contributed by atoms with Crippen LogP contribution in [-0.4, -0.2) is 41.1 Å². The molecule has 2 N–H and O–H groups in total. The number of carbonyl (C=O) groups is 1. The van der Waals surface area contributed by atoms with Gasteiger partial charge in [-0.3, -0.25) is 9.78 Å². The lowest BCUT2D eigenvalue weighted by molar-refractivity contribution is 0.0708. The average molecular weight is 285 g/mol. The van der Waals surface area contributed by atoms with E-state index in [0.717, 1.165) is 11.3 Å². The number of pyridine rings is 1. The van der Waals surface area contributed by atoms with Crippen molar-refractivity contribution in [2.24, 2.45) is 0 Å². The van der Waals surface area contributed by atoms with Gasteiger partial charge in [0.1, 0.15) is 0 Å². The molecule has 0 saturated carbocycles. The maximum absolute atomic E-state index is 12.7. The Labute approximate surface area is 124 Å². The average Bonchev–Trinajstić information content (AvgIpc) is 2.54. The molecule has 0 fully saturated rings. The molecule has 110 valence electrons. The standard InChI is InChI=1S/C16H19N3O2/c1-17-15-7-8-18-11-14(15)16(21)19(9-10-20)12-13-5-3-2-4-6-13/h2-8,11,20H,9-10,12H2,1H3,(H,17,18). The number of rotatable bonds is 6. The molecule has 0 saturated heterocycles.